The van der Waals surface area contributed by atoms with Crippen molar-refractivity contribution in [2.45, 2.75) is 105 Å². The van der Waals surface area contributed by atoms with Crippen molar-refractivity contribution in [1.29, 1.82) is 0 Å². The van der Waals surface area contributed by atoms with Crippen molar-refractivity contribution in [1.82, 2.24) is 10.6 Å². The lowest BCUT2D eigenvalue weighted by atomic mass is 10.1. The molecule has 0 saturated heterocycles. The SMILES string of the molecule is COc1ccc([C@@H](NC(=O)c2ccc(C)cc2)P(=O)(OC(C)C)OC(C)C)cc1.COc1ccc([C@@H](NC(=O)c2ccc(C)cc2)P(=O)(OC(C)C)OC(C)C)cc1. The molecule has 0 aliphatic carbocycles. The van der Waals surface area contributed by atoms with Crippen LogP contribution in [0.3, 0.4) is 0 Å². The topological polar surface area (TPSA) is 148 Å². The van der Waals surface area contributed by atoms with Crippen LogP contribution in [0.1, 0.15) is 110 Å². The lowest BCUT2D eigenvalue weighted by Gasteiger charge is -2.30. The van der Waals surface area contributed by atoms with Gasteiger partial charge in [0.1, 0.15) is 11.5 Å². The summed E-state index contributed by atoms with van der Waals surface area (Å²) in [5, 5.41) is 5.73. The van der Waals surface area contributed by atoms with Gasteiger partial charge in [-0.1, -0.05) is 59.7 Å². The molecule has 12 nitrogen and oxygen atoms in total. The van der Waals surface area contributed by atoms with Crippen LogP contribution in [0.4, 0.5) is 0 Å². The van der Waals surface area contributed by atoms with Crippen molar-refractivity contribution in [3.63, 3.8) is 0 Å². The molecular weight excluding hydrogens is 778 g/mol. The Morgan fingerprint density at radius 2 is 0.707 bits per heavy atom. The lowest BCUT2D eigenvalue weighted by molar-refractivity contribution is 0.0916. The van der Waals surface area contributed by atoms with Gasteiger partial charge in [-0.05, 0) is 129 Å². The first kappa shape index (κ1) is 48.1. The standard InChI is InChI=1S/2C22H30NO5P/c2*1-15(2)27-29(25,28-16(3)4)22(19-11-13-20(26-6)14-12-19)23-21(24)18-9-7-17(5)8-10-18/h2*7-16,22H,1-6H3,(H,23,24)/t2*22-/m00/s1. The highest BCUT2D eigenvalue weighted by Gasteiger charge is 2.42. The van der Waals surface area contributed by atoms with Crippen LogP contribution in [0.25, 0.3) is 0 Å². The molecule has 0 fully saturated rings. The molecule has 0 aliphatic heterocycles. The fourth-order valence-electron chi connectivity index (χ4n) is 5.56. The van der Waals surface area contributed by atoms with Crippen molar-refractivity contribution in [2.75, 3.05) is 14.2 Å². The number of hydrogen-bond acceptors (Lipinski definition) is 10. The molecule has 0 unspecified atom stereocenters. The molecule has 58 heavy (non-hydrogen) atoms. The zero-order chi connectivity index (χ0) is 43.2. The molecular formula is C44H60N2O10P2. The minimum Gasteiger partial charge on any atom is -0.497 e. The molecule has 4 rings (SSSR count). The van der Waals surface area contributed by atoms with Gasteiger partial charge in [0.2, 0.25) is 0 Å². The quantitative estimate of drug-likeness (QED) is 0.0928. The second-order valence-corrected chi connectivity index (χ2v) is 18.8. The minimum absolute atomic E-state index is 0.350. The third-order valence-electron chi connectivity index (χ3n) is 8.09. The molecule has 14 heteroatoms. The van der Waals surface area contributed by atoms with E-state index in [-0.39, 0.29) is 36.2 Å². The average Bonchev–Trinajstić information content (AvgIpc) is 3.15. The van der Waals surface area contributed by atoms with Gasteiger partial charge < -0.3 is 38.2 Å². The van der Waals surface area contributed by atoms with Crippen molar-refractivity contribution in [3.8, 4) is 11.5 Å². The predicted molar refractivity (Wildman–Crippen MR) is 229 cm³/mol. The first-order valence-electron chi connectivity index (χ1n) is 19.2. The molecule has 4 aromatic carbocycles. The zero-order valence-electron chi connectivity index (χ0n) is 35.7. The molecule has 2 amide bonds. The van der Waals surface area contributed by atoms with E-state index in [1.807, 2.05) is 38.1 Å². The smallest absolute Gasteiger partial charge is 0.357 e. The van der Waals surface area contributed by atoms with E-state index in [0.717, 1.165) is 11.1 Å². The molecule has 0 aromatic heterocycles. The molecule has 2 atom stereocenters. The Morgan fingerprint density at radius 1 is 0.448 bits per heavy atom. The third kappa shape index (κ3) is 14.5. The Morgan fingerprint density at radius 3 is 0.931 bits per heavy atom. The number of amides is 2. The molecule has 4 aromatic rings. The summed E-state index contributed by atoms with van der Waals surface area (Å²) in [4.78, 5) is 25.8. The van der Waals surface area contributed by atoms with Crippen molar-refractivity contribution in [3.05, 3.63) is 130 Å². The van der Waals surface area contributed by atoms with E-state index in [2.05, 4.69) is 10.6 Å². The van der Waals surface area contributed by atoms with E-state index in [1.165, 1.54) is 0 Å². The maximum absolute atomic E-state index is 13.8. The normalized spacial score (nSPS) is 12.8. The van der Waals surface area contributed by atoms with Crippen LogP contribution in [0.5, 0.6) is 11.5 Å². The number of rotatable bonds is 18. The van der Waals surface area contributed by atoms with Gasteiger partial charge >= 0.3 is 15.2 Å². The number of hydrogen-bond donors (Lipinski definition) is 2. The number of aryl methyl sites for hydroxylation is 2. The minimum atomic E-state index is -3.74. The van der Waals surface area contributed by atoms with Crippen LogP contribution in [0.2, 0.25) is 0 Å². The summed E-state index contributed by atoms with van der Waals surface area (Å²) in [5.41, 5.74) is 4.24. The molecule has 0 saturated carbocycles. The molecule has 2 N–H and O–H groups in total. The number of carbonyl (C=O) groups excluding carboxylic acids is 2. The van der Waals surface area contributed by atoms with Gasteiger partial charge in [0, 0.05) is 11.1 Å². The highest BCUT2D eigenvalue weighted by molar-refractivity contribution is 7.54. The number of nitrogens with one attached hydrogen (secondary N) is 2. The predicted octanol–water partition coefficient (Wildman–Crippen LogP) is 11.0. The highest BCUT2D eigenvalue weighted by Crippen LogP contribution is 2.62. The van der Waals surface area contributed by atoms with E-state index in [1.54, 1.807) is 142 Å². The van der Waals surface area contributed by atoms with Gasteiger partial charge in [0.25, 0.3) is 11.8 Å². The molecule has 0 heterocycles. The molecule has 316 valence electrons. The number of benzene rings is 4. The van der Waals surface area contributed by atoms with Crippen LogP contribution >= 0.6 is 15.2 Å². The monoisotopic (exact) mass is 838 g/mol. The van der Waals surface area contributed by atoms with Gasteiger partial charge in [-0.15, -0.1) is 0 Å². The Hall–Kier alpha value is -4.28. The van der Waals surface area contributed by atoms with Gasteiger partial charge in [-0.2, -0.15) is 0 Å². The van der Waals surface area contributed by atoms with Crippen LogP contribution < -0.4 is 20.1 Å². The average molecular weight is 839 g/mol. The lowest BCUT2D eigenvalue weighted by Crippen LogP contribution is -2.31. The van der Waals surface area contributed by atoms with Crippen molar-refractivity contribution in [2.24, 2.45) is 0 Å². The first-order valence-corrected chi connectivity index (χ1v) is 22.5. The van der Waals surface area contributed by atoms with E-state index in [0.29, 0.717) is 33.8 Å². The van der Waals surface area contributed by atoms with Gasteiger partial charge in [0.05, 0.1) is 38.6 Å². The molecule has 0 spiro atoms. The largest absolute Gasteiger partial charge is 0.497 e. The Labute approximate surface area is 344 Å². The number of carbonyl (C=O) groups is 2. The third-order valence-corrected chi connectivity index (χ3v) is 13.1. The highest BCUT2D eigenvalue weighted by atomic mass is 31.2. The zero-order valence-corrected chi connectivity index (χ0v) is 37.5. The van der Waals surface area contributed by atoms with Crippen LogP contribution in [0, 0.1) is 13.8 Å². The number of ether oxygens (including phenoxy) is 2. The van der Waals surface area contributed by atoms with Crippen LogP contribution in [-0.4, -0.2) is 50.4 Å². The summed E-state index contributed by atoms with van der Waals surface area (Å²) < 4.78 is 61.1. The summed E-state index contributed by atoms with van der Waals surface area (Å²) in [6.07, 6.45) is -1.40. The summed E-state index contributed by atoms with van der Waals surface area (Å²) in [6.45, 7) is 18.1. The Kier molecular flexibility index (Phi) is 18.4. The summed E-state index contributed by atoms with van der Waals surface area (Å²) in [5.74, 6) is -1.33. The van der Waals surface area contributed by atoms with Crippen molar-refractivity contribution >= 4 is 27.0 Å². The Bertz CT molecular complexity index is 1810. The molecule has 0 bridgehead atoms. The summed E-state index contributed by atoms with van der Waals surface area (Å²) in [6, 6.07) is 28.3. The fourth-order valence-corrected chi connectivity index (χ4v) is 10.1. The van der Waals surface area contributed by atoms with Crippen LogP contribution in [-0.2, 0) is 27.2 Å². The second kappa shape index (κ2) is 22.2. The number of methoxy groups -OCH3 is 2. The first-order chi connectivity index (χ1) is 27.3. The van der Waals surface area contributed by atoms with Gasteiger partial charge in [0.15, 0.2) is 11.6 Å². The van der Waals surface area contributed by atoms with E-state index in [9.17, 15) is 18.7 Å². The van der Waals surface area contributed by atoms with Crippen molar-refractivity contribution < 1.29 is 46.3 Å². The van der Waals surface area contributed by atoms with Crippen LogP contribution in [0.15, 0.2) is 97.1 Å². The van der Waals surface area contributed by atoms with E-state index < -0.39 is 26.8 Å². The Balaban J connectivity index is 0.000000310. The second-order valence-electron chi connectivity index (χ2n) is 14.7. The maximum Gasteiger partial charge on any atom is 0.357 e. The molecule has 0 aliphatic rings. The summed E-state index contributed by atoms with van der Waals surface area (Å²) in [7, 11) is -4.35. The fraction of sp³-hybridized carbons (Fsp3) is 0.409. The molecule has 0 radical (unpaired) electrons. The van der Waals surface area contributed by atoms with Gasteiger partial charge in [-0.3, -0.25) is 18.7 Å². The van der Waals surface area contributed by atoms with Gasteiger partial charge in [-0.25, -0.2) is 0 Å². The maximum atomic E-state index is 13.8. The summed E-state index contributed by atoms with van der Waals surface area (Å²) >= 11 is 0. The van der Waals surface area contributed by atoms with E-state index >= 15 is 0 Å². The van der Waals surface area contributed by atoms with E-state index in [4.69, 9.17) is 27.6 Å².